The summed E-state index contributed by atoms with van der Waals surface area (Å²) in [6.45, 7) is 10.1. The minimum atomic E-state index is 0.534. The van der Waals surface area contributed by atoms with E-state index in [9.17, 15) is 0 Å². The lowest BCUT2D eigenvalue weighted by atomic mass is 10.1. The first-order valence-corrected chi connectivity index (χ1v) is 11.3. The Hall–Kier alpha value is -2.57. The third-order valence-corrected chi connectivity index (χ3v) is 6.15. The first-order valence-electron chi connectivity index (χ1n) is 10.3. The van der Waals surface area contributed by atoms with Crippen molar-refractivity contribution in [2.24, 2.45) is 0 Å². The Kier molecular flexibility index (Phi) is 8.53. The highest BCUT2D eigenvalue weighted by atomic mass is 32.2. The number of rotatable bonds is 9. The molecule has 1 fully saturated rings. The molecule has 1 aromatic heterocycles. The SMILES string of the molecule is C=C/C=C(\C(=C)OC)c1cc(Nc2cccc(CSN3CCCCCC3)c2)ncn1. The van der Waals surface area contributed by atoms with Crippen LogP contribution in [-0.4, -0.2) is 34.5 Å². The maximum Gasteiger partial charge on any atom is 0.134 e. The third-order valence-electron chi connectivity index (χ3n) is 4.95. The first kappa shape index (κ1) is 22.1. The number of benzene rings is 1. The Bertz CT molecular complexity index is 888. The molecule has 5 nitrogen and oxygen atoms in total. The van der Waals surface area contributed by atoms with Crippen molar-refractivity contribution in [2.45, 2.75) is 31.4 Å². The van der Waals surface area contributed by atoms with E-state index in [1.807, 2.05) is 24.1 Å². The van der Waals surface area contributed by atoms with Crippen LogP contribution in [0.2, 0.25) is 0 Å². The first-order chi connectivity index (χ1) is 14.7. The molecule has 0 spiro atoms. The lowest BCUT2D eigenvalue weighted by molar-refractivity contribution is 0.312. The second-order valence-corrected chi connectivity index (χ2v) is 8.24. The molecule has 1 aliphatic heterocycles. The number of methoxy groups -OCH3 is 1. The molecule has 3 rings (SSSR count). The third kappa shape index (κ3) is 6.47. The fourth-order valence-electron chi connectivity index (χ4n) is 3.35. The molecular weight excluding hydrogens is 392 g/mol. The van der Waals surface area contributed by atoms with Gasteiger partial charge in [-0.15, -0.1) is 0 Å². The van der Waals surface area contributed by atoms with E-state index >= 15 is 0 Å². The molecule has 0 unspecified atom stereocenters. The summed E-state index contributed by atoms with van der Waals surface area (Å²) in [6, 6.07) is 10.4. The van der Waals surface area contributed by atoms with Crippen LogP contribution in [0.5, 0.6) is 0 Å². The summed E-state index contributed by atoms with van der Waals surface area (Å²) in [5.74, 6) is 2.23. The van der Waals surface area contributed by atoms with Crippen molar-refractivity contribution in [3.63, 3.8) is 0 Å². The van der Waals surface area contributed by atoms with Gasteiger partial charge >= 0.3 is 0 Å². The van der Waals surface area contributed by atoms with Gasteiger partial charge in [0.2, 0.25) is 0 Å². The Balaban J connectivity index is 1.67. The Morgan fingerprint density at radius 3 is 2.73 bits per heavy atom. The number of aromatic nitrogens is 2. The van der Waals surface area contributed by atoms with Gasteiger partial charge < -0.3 is 10.1 Å². The van der Waals surface area contributed by atoms with Crippen molar-refractivity contribution in [3.05, 3.63) is 79.0 Å². The van der Waals surface area contributed by atoms with Crippen molar-refractivity contribution in [2.75, 3.05) is 25.5 Å². The van der Waals surface area contributed by atoms with Crippen molar-refractivity contribution in [1.29, 1.82) is 0 Å². The Labute approximate surface area is 184 Å². The predicted molar refractivity (Wildman–Crippen MR) is 127 cm³/mol. The number of nitrogens with zero attached hydrogens (tertiary/aromatic N) is 3. The Morgan fingerprint density at radius 1 is 1.20 bits per heavy atom. The molecule has 1 aliphatic rings. The fourth-order valence-corrected chi connectivity index (χ4v) is 4.37. The zero-order chi connectivity index (χ0) is 21.2. The van der Waals surface area contributed by atoms with Gasteiger partial charge in [-0.05, 0) is 36.6 Å². The van der Waals surface area contributed by atoms with Crippen LogP contribution < -0.4 is 5.32 Å². The summed E-state index contributed by atoms with van der Waals surface area (Å²) >= 11 is 1.94. The van der Waals surface area contributed by atoms with E-state index in [2.05, 4.69) is 57.0 Å². The smallest absolute Gasteiger partial charge is 0.134 e. The highest BCUT2D eigenvalue weighted by Crippen LogP contribution is 2.26. The zero-order valence-corrected chi connectivity index (χ0v) is 18.5. The van der Waals surface area contributed by atoms with Crippen LogP contribution >= 0.6 is 11.9 Å². The molecule has 1 aromatic carbocycles. The molecule has 158 valence electrons. The van der Waals surface area contributed by atoms with Gasteiger partial charge in [0.15, 0.2) is 0 Å². The van der Waals surface area contributed by atoms with E-state index in [0.717, 1.165) is 28.5 Å². The second kappa shape index (κ2) is 11.6. The van der Waals surface area contributed by atoms with Gasteiger partial charge in [-0.1, -0.05) is 56.2 Å². The van der Waals surface area contributed by atoms with Crippen molar-refractivity contribution in [1.82, 2.24) is 14.3 Å². The normalized spacial score (nSPS) is 15.3. The number of ether oxygens (including phenoxy) is 1. The number of allylic oxidation sites excluding steroid dienone is 3. The maximum absolute atomic E-state index is 5.28. The molecule has 0 radical (unpaired) electrons. The van der Waals surface area contributed by atoms with E-state index in [1.165, 1.54) is 50.7 Å². The molecule has 0 amide bonds. The highest BCUT2D eigenvalue weighted by Gasteiger charge is 2.11. The molecule has 2 heterocycles. The molecule has 1 N–H and O–H groups in total. The van der Waals surface area contributed by atoms with Gasteiger partial charge in [-0.2, -0.15) is 0 Å². The number of hydrogen-bond donors (Lipinski definition) is 1. The molecule has 0 saturated carbocycles. The van der Waals surface area contributed by atoms with Crippen LogP contribution in [0.3, 0.4) is 0 Å². The summed E-state index contributed by atoms with van der Waals surface area (Å²) in [7, 11) is 1.59. The quantitative estimate of drug-likeness (QED) is 0.305. The monoisotopic (exact) mass is 422 g/mol. The molecule has 6 heteroatoms. The van der Waals surface area contributed by atoms with Gasteiger partial charge in [0.05, 0.1) is 12.8 Å². The van der Waals surface area contributed by atoms with Gasteiger partial charge in [0.1, 0.15) is 17.9 Å². The molecule has 2 aromatic rings. The van der Waals surface area contributed by atoms with Gasteiger partial charge in [0, 0.05) is 36.2 Å². The van der Waals surface area contributed by atoms with Crippen LogP contribution in [0.15, 0.2) is 67.7 Å². The van der Waals surface area contributed by atoms with Crippen LogP contribution in [-0.2, 0) is 10.5 Å². The molecule has 0 aliphatic carbocycles. The standard InChI is InChI=1S/C24H30N4OS/c1-4-10-22(19(2)29-3)23-16-24(26-18-25-23)27-21-12-9-11-20(15-21)17-30-28-13-7-5-6-8-14-28/h4,9-12,15-16,18H,1-2,5-8,13-14,17H2,3H3,(H,25,26,27)/b22-10+. The molecule has 0 atom stereocenters. The van der Waals surface area contributed by atoms with Crippen molar-refractivity contribution >= 4 is 29.0 Å². The molecular formula is C24H30N4OS. The van der Waals surface area contributed by atoms with E-state index < -0.39 is 0 Å². The average Bonchev–Trinajstić information content (AvgIpc) is 3.05. The summed E-state index contributed by atoms with van der Waals surface area (Å²) in [5.41, 5.74) is 3.81. The van der Waals surface area contributed by atoms with Crippen LogP contribution in [0.4, 0.5) is 11.5 Å². The summed E-state index contributed by atoms with van der Waals surface area (Å²) in [6.07, 6.45) is 10.4. The largest absolute Gasteiger partial charge is 0.497 e. The van der Waals surface area contributed by atoms with Crippen LogP contribution in [0.25, 0.3) is 5.57 Å². The molecule has 0 bridgehead atoms. The molecule has 1 saturated heterocycles. The van der Waals surface area contributed by atoms with Crippen LogP contribution in [0.1, 0.15) is 36.9 Å². The van der Waals surface area contributed by atoms with Gasteiger partial charge in [-0.25, -0.2) is 9.97 Å². The fraction of sp³-hybridized carbons (Fsp3) is 0.333. The molecule has 30 heavy (non-hydrogen) atoms. The highest BCUT2D eigenvalue weighted by molar-refractivity contribution is 7.96. The maximum atomic E-state index is 5.28. The lowest BCUT2D eigenvalue weighted by Crippen LogP contribution is -2.16. The minimum absolute atomic E-state index is 0.534. The van der Waals surface area contributed by atoms with E-state index in [1.54, 1.807) is 13.2 Å². The summed E-state index contributed by atoms with van der Waals surface area (Å²) in [5, 5.41) is 3.39. The van der Waals surface area contributed by atoms with E-state index in [4.69, 9.17) is 4.74 Å². The van der Waals surface area contributed by atoms with Crippen molar-refractivity contribution < 1.29 is 4.74 Å². The number of hydrogen-bond acceptors (Lipinski definition) is 6. The van der Waals surface area contributed by atoms with Gasteiger partial charge in [-0.3, -0.25) is 4.31 Å². The lowest BCUT2D eigenvalue weighted by Gasteiger charge is -2.18. The number of nitrogens with one attached hydrogen (secondary N) is 1. The number of anilines is 2. The topological polar surface area (TPSA) is 50.3 Å². The average molecular weight is 423 g/mol. The predicted octanol–water partition coefficient (Wildman–Crippen LogP) is 5.97. The van der Waals surface area contributed by atoms with Crippen LogP contribution in [0, 0.1) is 0 Å². The van der Waals surface area contributed by atoms with E-state index in [-0.39, 0.29) is 0 Å². The minimum Gasteiger partial charge on any atom is -0.497 e. The van der Waals surface area contributed by atoms with Gasteiger partial charge in [0.25, 0.3) is 0 Å². The van der Waals surface area contributed by atoms with E-state index in [0.29, 0.717) is 5.76 Å². The summed E-state index contributed by atoms with van der Waals surface area (Å²) < 4.78 is 7.79. The van der Waals surface area contributed by atoms with Crippen molar-refractivity contribution in [3.8, 4) is 0 Å². The second-order valence-electron chi connectivity index (χ2n) is 7.17. The zero-order valence-electron chi connectivity index (χ0n) is 17.6. The summed E-state index contributed by atoms with van der Waals surface area (Å²) in [4.78, 5) is 8.72. The Morgan fingerprint density at radius 2 is 2.00 bits per heavy atom.